The number of aryl methyl sites for hydroxylation is 1. The van der Waals surface area contributed by atoms with Gasteiger partial charge in [-0.2, -0.15) is 0 Å². The molecule has 2 aromatic heterocycles. The Kier molecular flexibility index (Phi) is 4.89. The number of carbonyl (C=O) groups is 2. The molecule has 1 atom stereocenters. The topological polar surface area (TPSA) is 85.5 Å². The van der Waals surface area contributed by atoms with Crippen LogP contribution in [0.4, 0.5) is 10.2 Å². The molecule has 0 saturated carbocycles. The van der Waals surface area contributed by atoms with Crippen LogP contribution in [0.2, 0.25) is 0 Å². The van der Waals surface area contributed by atoms with Crippen molar-refractivity contribution in [3.8, 4) is 0 Å². The normalized spacial score (nSPS) is 12.0. The van der Waals surface area contributed by atoms with Gasteiger partial charge in [0.05, 0.1) is 0 Å². The number of hydrogen-bond donors (Lipinski definition) is 0. The molecular formula is C15H13BFN3O4S. The maximum absolute atomic E-state index is 14.8. The molecule has 0 bridgehead atoms. The first-order chi connectivity index (χ1) is 12.0. The van der Waals surface area contributed by atoms with Crippen LogP contribution < -0.4 is 4.90 Å². The summed E-state index contributed by atoms with van der Waals surface area (Å²) >= 11 is 1.42. The number of fused-ring (bicyclic) bond motifs is 1. The Labute approximate surface area is 146 Å². The summed E-state index contributed by atoms with van der Waals surface area (Å²) in [6.07, 6.45) is -1.97. The molecule has 0 radical (unpaired) electrons. The van der Waals surface area contributed by atoms with E-state index in [-0.39, 0.29) is 11.3 Å². The molecule has 1 aromatic carbocycles. The number of rotatable bonds is 5. The average molecular weight is 361 g/mol. The van der Waals surface area contributed by atoms with Gasteiger partial charge in [0.15, 0.2) is 0 Å². The number of anilines is 1. The summed E-state index contributed by atoms with van der Waals surface area (Å²) < 4.78 is 25.6. The Morgan fingerprint density at radius 1 is 1.48 bits per heavy atom. The molecule has 0 aliphatic rings. The number of carbonyl (C=O) groups excluding carboxylic acids is 2. The van der Waals surface area contributed by atoms with E-state index >= 15 is 0 Å². The second kappa shape index (κ2) is 7.10. The van der Waals surface area contributed by atoms with E-state index < -0.39 is 24.8 Å². The molecule has 128 valence electrons. The number of benzene rings is 1. The molecule has 7 nitrogen and oxygen atoms in total. The third-order valence-electron chi connectivity index (χ3n) is 3.41. The van der Waals surface area contributed by atoms with Gasteiger partial charge in [-0.25, -0.2) is 0 Å². The van der Waals surface area contributed by atoms with Crippen LogP contribution in [-0.2, 0) is 14.3 Å². The van der Waals surface area contributed by atoms with Crippen molar-refractivity contribution in [1.29, 1.82) is 0 Å². The fourth-order valence-electron chi connectivity index (χ4n) is 2.18. The number of aromatic nitrogens is 2. The summed E-state index contributed by atoms with van der Waals surface area (Å²) in [7, 11) is 0. The molecule has 0 aliphatic carbocycles. The van der Waals surface area contributed by atoms with Gasteiger partial charge in [0.25, 0.3) is 0 Å². The first kappa shape index (κ1) is 17.2. The van der Waals surface area contributed by atoms with Gasteiger partial charge in [-0.3, -0.25) is 0 Å². The van der Waals surface area contributed by atoms with Gasteiger partial charge < -0.3 is 0 Å². The van der Waals surface area contributed by atoms with Crippen LogP contribution in [0.1, 0.15) is 24.2 Å². The first-order valence-corrected chi connectivity index (χ1v) is 8.19. The number of alkyl halides is 1. The standard InChI is InChI=1S/C15H13BFN3O4S/c1-8-16-15(24-19-8)20(7-23-9(2)21)14(22)13(17)10-3-4-12-11(5-10)18-6-25-12/h3-6,13H,7H2,1-2H3. The number of esters is 1. The second-order valence-electron chi connectivity index (χ2n) is 5.28. The Morgan fingerprint density at radius 2 is 2.28 bits per heavy atom. The van der Waals surface area contributed by atoms with Gasteiger partial charge >= 0.3 is 146 Å². The molecule has 0 spiro atoms. The Morgan fingerprint density at radius 3 is 2.96 bits per heavy atom. The maximum atomic E-state index is 14.8. The van der Waals surface area contributed by atoms with Crippen molar-refractivity contribution in [2.45, 2.75) is 20.0 Å². The number of hydrogen-bond acceptors (Lipinski definition) is 7. The zero-order chi connectivity index (χ0) is 18.0. The number of nitrogens with zero attached hydrogens (tertiary/aromatic N) is 3. The van der Waals surface area contributed by atoms with Crippen molar-refractivity contribution < 1.29 is 23.2 Å². The van der Waals surface area contributed by atoms with E-state index in [1.54, 1.807) is 18.5 Å². The molecule has 3 rings (SSSR count). The van der Waals surface area contributed by atoms with E-state index in [9.17, 15) is 14.0 Å². The molecule has 0 saturated heterocycles. The molecule has 1 unspecified atom stereocenters. The molecule has 1 amide bonds. The van der Waals surface area contributed by atoms with Crippen molar-refractivity contribution in [2.75, 3.05) is 11.6 Å². The zero-order valence-corrected chi connectivity index (χ0v) is 14.2. The van der Waals surface area contributed by atoms with Crippen LogP contribution in [-0.4, -0.2) is 35.7 Å². The van der Waals surface area contributed by atoms with Gasteiger partial charge in [-0.1, -0.05) is 0 Å². The van der Waals surface area contributed by atoms with E-state index in [0.717, 1.165) is 9.60 Å². The van der Waals surface area contributed by atoms with Crippen LogP contribution in [0.5, 0.6) is 0 Å². The molecule has 3 aromatic rings. The van der Waals surface area contributed by atoms with E-state index in [1.165, 1.54) is 37.3 Å². The Bertz CT molecular complexity index is 928. The fourth-order valence-corrected chi connectivity index (χ4v) is 2.84. The quantitative estimate of drug-likeness (QED) is 0.513. The van der Waals surface area contributed by atoms with Gasteiger partial charge in [-0.05, 0) is 0 Å². The third-order valence-corrected chi connectivity index (χ3v) is 4.22. The first-order valence-electron chi connectivity index (χ1n) is 7.31. The van der Waals surface area contributed by atoms with Crippen LogP contribution in [0.3, 0.4) is 0 Å². The van der Waals surface area contributed by atoms with Gasteiger partial charge in [-0.15, -0.1) is 0 Å². The van der Waals surface area contributed by atoms with Crippen molar-refractivity contribution >= 4 is 46.1 Å². The predicted molar refractivity (Wildman–Crippen MR) is 90.2 cm³/mol. The number of ether oxygens (including phenoxy) is 1. The monoisotopic (exact) mass is 361 g/mol. The fraction of sp³-hybridized carbons (Fsp3) is 0.267. The van der Waals surface area contributed by atoms with Crippen molar-refractivity contribution in [2.24, 2.45) is 0 Å². The van der Waals surface area contributed by atoms with Gasteiger partial charge in [0, 0.05) is 0 Å². The van der Waals surface area contributed by atoms with E-state index in [1.807, 2.05) is 0 Å². The van der Waals surface area contributed by atoms with Gasteiger partial charge in [0.2, 0.25) is 0 Å². The Hall–Kier alpha value is -2.62. The number of halogens is 1. The molecular weight excluding hydrogens is 348 g/mol. The molecule has 2 heterocycles. The SMILES string of the molecule is CC(=O)OCN(C(=O)C(F)c1ccc2scnc2c1)c1bc(C)no1. The zero-order valence-electron chi connectivity index (χ0n) is 13.4. The van der Waals surface area contributed by atoms with Crippen molar-refractivity contribution in [3.05, 3.63) is 34.9 Å². The molecule has 0 aliphatic heterocycles. The molecule has 10 heteroatoms. The van der Waals surface area contributed by atoms with Crippen LogP contribution >= 0.6 is 11.3 Å². The van der Waals surface area contributed by atoms with E-state index in [4.69, 9.17) is 9.26 Å². The number of amides is 1. The molecule has 0 fully saturated rings. The van der Waals surface area contributed by atoms with Crippen LogP contribution in [0.15, 0.2) is 28.2 Å². The summed E-state index contributed by atoms with van der Waals surface area (Å²) in [6, 6.07) is 4.75. The molecule has 25 heavy (non-hydrogen) atoms. The van der Waals surface area contributed by atoms with E-state index in [0.29, 0.717) is 11.1 Å². The van der Waals surface area contributed by atoms with Gasteiger partial charge in [0.1, 0.15) is 0 Å². The predicted octanol–water partition coefficient (Wildman–Crippen LogP) is 2.50. The minimum absolute atomic E-state index is 0.00105. The van der Waals surface area contributed by atoms with Crippen LogP contribution in [0, 0.1) is 6.92 Å². The summed E-state index contributed by atoms with van der Waals surface area (Å²) in [6.45, 7) is 3.84. The van der Waals surface area contributed by atoms with Crippen molar-refractivity contribution in [1.82, 2.24) is 10.1 Å². The van der Waals surface area contributed by atoms with E-state index in [2.05, 4.69) is 10.1 Å². The summed E-state index contributed by atoms with van der Waals surface area (Å²) in [5.74, 6) is -1.53. The minimum atomic E-state index is -1.97. The number of thiazole rings is 1. The third kappa shape index (κ3) is 3.73. The van der Waals surface area contributed by atoms with Crippen LogP contribution in [0.25, 0.3) is 10.2 Å². The molecule has 0 N–H and O–H groups in total. The Balaban J connectivity index is 1.88. The second-order valence-corrected chi connectivity index (χ2v) is 6.17. The summed E-state index contributed by atoms with van der Waals surface area (Å²) in [5.41, 5.74) is 2.93. The average Bonchev–Trinajstić information content (AvgIpc) is 3.22. The summed E-state index contributed by atoms with van der Waals surface area (Å²) in [4.78, 5) is 28.7. The summed E-state index contributed by atoms with van der Waals surface area (Å²) in [5, 5.41) is 3.67. The van der Waals surface area contributed by atoms with Crippen molar-refractivity contribution in [3.63, 3.8) is 0 Å².